The number of hydrogen-bond acceptors (Lipinski definition) is 2. The summed E-state index contributed by atoms with van der Waals surface area (Å²) in [5.41, 5.74) is 4.47. The Labute approximate surface area is 106 Å². The van der Waals surface area contributed by atoms with Gasteiger partial charge in [0.05, 0.1) is 0 Å². The third kappa shape index (κ3) is 1.61. The number of aromatic nitrogens is 1. The lowest BCUT2D eigenvalue weighted by Crippen LogP contribution is -2.47. The fourth-order valence-corrected chi connectivity index (χ4v) is 2.64. The first-order valence-electron chi connectivity index (χ1n) is 6.27. The molecule has 4 nitrogen and oxygen atoms in total. The predicted molar refractivity (Wildman–Crippen MR) is 71.5 cm³/mol. The molecule has 1 fully saturated rings. The number of fused-ring (bicyclic) bond motifs is 1. The van der Waals surface area contributed by atoms with E-state index in [2.05, 4.69) is 47.7 Å². The fraction of sp³-hybridized carbons (Fsp3) is 0.357. The summed E-state index contributed by atoms with van der Waals surface area (Å²) in [7, 11) is 0. The van der Waals surface area contributed by atoms with Crippen LogP contribution < -0.4 is 10.6 Å². The van der Waals surface area contributed by atoms with E-state index in [1.807, 2.05) is 0 Å². The van der Waals surface area contributed by atoms with Crippen LogP contribution in [0, 0.1) is 13.8 Å². The molecule has 1 aliphatic rings. The van der Waals surface area contributed by atoms with Crippen molar-refractivity contribution in [2.75, 3.05) is 13.1 Å². The smallest absolute Gasteiger partial charge is 0.243 e. The largest absolute Gasteiger partial charge is 0.356 e. The Morgan fingerprint density at radius 3 is 2.78 bits per heavy atom. The molecule has 0 aliphatic carbocycles. The zero-order chi connectivity index (χ0) is 12.7. The lowest BCUT2D eigenvalue weighted by molar-refractivity contribution is -0.124. The van der Waals surface area contributed by atoms with Crippen LogP contribution in [-0.2, 0) is 4.79 Å². The van der Waals surface area contributed by atoms with Crippen molar-refractivity contribution in [3.8, 4) is 0 Å². The minimum Gasteiger partial charge on any atom is -0.356 e. The first-order chi connectivity index (χ1) is 8.68. The van der Waals surface area contributed by atoms with Gasteiger partial charge in [0.1, 0.15) is 6.04 Å². The van der Waals surface area contributed by atoms with E-state index in [4.69, 9.17) is 0 Å². The van der Waals surface area contributed by atoms with Crippen LogP contribution in [0.15, 0.2) is 18.2 Å². The van der Waals surface area contributed by atoms with E-state index in [0.29, 0.717) is 6.54 Å². The third-order valence-corrected chi connectivity index (χ3v) is 3.66. The van der Waals surface area contributed by atoms with Crippen molar-refractivity contribution in [2.24, 2.45) is 0 Å². The molecule has 1 unspecified atom stereocenters. The van der Waals surface area contributed by atoms with Gasteiger partial charge in [0.15, 0.2) is 0 Å². The molecule has 1 amide bonds. The molecule has 94 valence electrons. The standard InChI is InChI=1S/C14H17N3O/c1-8-4-3-5-10-9(2)12(17-11(8)10)13-14(18)16-7-6-15-13/h3-5,13,15,17H,6-7H2,1-2H3,(H,16,18). The second kappa shape index (κ2) is 4.14. The second-order valence-electron chi connectivity index (χ2n) is 4.84. The predicted octanol–water partition coefficient (Wildman–Crippen LogP) is 1.55. The fourth-order valence-electron chi connectivity index (χ4n) is 2.64. The second-order valence-corrected chi connectivity index (χ2v) is 4.84. The number of carbonyl (C=O) groups excluding carboxylic acids is 1. The quantitative estimate of drug-likeness (QED) is 0.711. The lowest BCUT2D eigenvalue weighted by Gasteiger charge is -2.23. The van der Waals surface area contributed by atoms with E-state index in [1.165, 1.54) is 10.9 Å². The van der Waals surface area contributed by atoms with Crippen molar-refractivity contribution < 1.29 is 4.79 Å². The monoisotopic (exact) mass is 243 g/mol. The van der Waals surface area contributed by atoms with Crippen molar-refractivity contribution in [2.45, 2.75) is 19.9 Å². The minimum atomic E-state index is -0.259. The Kier molecular flexibility index (Phi) is 2.59. The molecule has 1 atom stereocenters. The summed E-state index contributed by atoms with van der Waals surface area (Å²) >= 11 is 0. The van der Waals surface area contributed by atoms with Gasteiger partial charge in [-0.25, -0.2) is 0 Å². The molecule has 4 heteroatoms. The summed E-state index contributed by atoms with van der Waals surface area (Å²) in [5, 5.41) is 7.36. The number of rotatable bonds is 1. The maximum Gasteiger partial charge on any atom is 0.243 e. The molecule has 2 heterocycles. The highest BCUT2D eigenvalue weighted by atomic mass is 16.2. The zero-order valence-corrected chi connectivity index (χ0v) is 10.6. The molecule has 0 saturated carbocycles. The third-order valence-electron chi connectivity index (χ3n) is 3.66. The van der Waals surface area contributed by atoms with Gasteiger partial charge in [-0.1, -0.05) is 18.2 Å². The van der Waals surface area contributed by atoms with Crippen molar-refractivity contribution in [1.29, 1.82) is 0 Å². The minimum absolute atomic E-state index is 0.0496. The maximum atomic E-state index is 11.9. The van der Waals surface area contributed by atoms with Gasteiger partial charge in [-0.05, 0) is 25.0 Å². The number of para-hydroxylation sites is 1. The molecule has 1 aromatic carbocycles. The van der Waals surface area contributed by atoms with Crippen LogP contribution in [0.2, 0.25) is 0 Å². The van der Waals surface area contributed by atoms with E-state index in [9.17, 15) is 4.79 Å². The van der Waals surface area contributed by atoms with Gasteiger partial charge in [0.25, 0.3) is 0 Å². The molecule has 3 rings (SSSR count). The van der Waals surface area contributed by atoms with Gasteiger partial charge in [0, 0.05) is 29.7 Å². The van der Waals surface area contributed by atoms with E-state index in [1.54, 1.807) is 0 Å². The van der Waals surface area contributed by atoms with Gasteiger partial charge >= 0.3 is 0 Å². The molecular formula is C14H17N3O. The number of nitrogens with one attached hydrogen (secondary N) is 3. The van der Waals surface area contributed by atoms with Crippen molar-refractivity contribution in [3.05, 3.63) is 35.0 Å². The summed E-state index contributed by atoms with van der Waals surface area (Å²) in [6.45, 7) is 5.66. The molecule has 2 aromatic rings. The molecule has 0 spiro atoms. The number of aryl methyl sites for hydroxylation is 2. The van der Waals surface area contributed by atoms with Crippen LogP contribution in [0.5, 0.6) is 0 Å². The molecule has 3 N–H and O–H groups in total. The van der Waals surface area contributed by atoms with Crippen LogP contribution >= 0.6 is 0 Å². The highest BCUT2D eigenvalue weighted by molar-refractivity contribution is 5.91. The summed E-state index contributed by atoms with van der Waals surface area (Å²) in [6, 6.07) is 5.97. The Bertz CT molecular complexity index is 615. The average molecular weight is 243 g/mol. The van der Waals surface area contributed by atoms with Crippen molar-refractivity contribution >= 4 is 16.8 Å². The number of carbonyl (C=O) groups is 1. The van der Waals surface area contributed by atoms with Gasteiger partial charge in [-0.3, -0.25) is 10.1 Å². The normalized spacial score (nSPS) is 20.1. The molecule has 1 aliphatic heterocycles. The van der Waals surface area contributed by atoms with Crippen LogP contribution in [0.3, 0.4) is 0 Å². The number of aromatic amines is 1. The van der Waals surface area contributed by atoms with E-state index in [-0.39, 0.29) is 11.9 Å². The lowest BCUT2D eigenvalue weighted by atomic mass is 10.0. The number of H-pyrrole nitrogens is 1. The maximum absolute atomic E-state index is 11.9. The Hall–Kier alpha value is -1.81. The molecule has 1 saturated heterocycles. The Balaban J connectivity index is 2.14. The van der Waals surface area contributed by atoms with E-state index < -0.39 is 0 Å². The van der Waals surface area contributed by atoms with Gasteiger partial charge < -0.3 is 10.3 Å². The summed E-state index contributed by atoms with van der Waals surface area (Å²) in [4.78, 5) is 15.3. The number of amides is 1. The number of benzene rings is 1. The van der Waals surface area contributed by atoms with E-state index >= 15 is 0 Å². The Morgan fingerprint density at radius 1 is 1.22 bits per heavy atom. The molecule has 1 aromatic heterocycles. The molecule has 18 heavy (non-hydrogen) atoms. The van der Waals surface area contributed by atoms with Crippen LogP contribution in [0.1, 0.15) is 22.9 Å². The first-order valence-corrected chi connectivity index (χ1v) is 6.27. The van der Waals surface area contributed by atoms with Gasteiger partial charge in [0.2, 0.25) is 5.91 Å². The highest BCUT2D eigenvalue weighted by Crippen LogP contribution is 2.28. The van der Waals surface area contributed by atoms with Gasteiger partial charge in [-0.15, -0.1) is 0 Å². The van der Waals surface area contributed by atoms with Crippen molar-refractivity contribution in [1.82, 2.24) is 15.6 Å². The highest BCUT2D eigenvalue weighted by Gasteiger charge is 2.26. The van der Waals surface area contributed by atoms with Gasteiger partial charge in [-0.2, -0.15) is 0 Å². The first kappa shape index (κ1) is 11.3. The zero-order valence-electron chi connectivity index (χ0n) is 10.6. The Morgan fingerprint density at radius 2 is 2.06 bits per heavy atom. The summed E-state index contributed by atoms with van der Waals surface area (Å²) < 4.78 is 0. The summed E-state index contributed by atoms with van der Waals surface area (Å²) in [6.07, 6.45) is 0. The molecule has 0 bridgehead atoms. The van der Waals surface area contributed by atoms with Crippen LogP contribution in [-0.4, -0.2) is 24.0 Å². The van der Waals surface area contributed by atoms with E-state index in [0.717, 1.165) is 23.3 Å². The van der Waals surface area contributed by atoms with Crippen LogP contribution in [0.4, 0.5) is 0 Å². The van der Waals surface area contributed by atoms with Crippen molar-refractivity contribution in [3.63, 3.8) is 0 Å². The molecular weight excluding hydrogens is 226 g/mol. The molecule has 0 radical (unpaired) electrons. The summed E-state index contributed by atoms with van der Waals surface area (Å²) in [5.74, 6) is 0.0496. The number of hydrogen-bond donors (Lipinski definition) is 3. The average Bonchev–Trinajstić information content (AvgIpc) is 2.70. The van der Waals surface area contributed by atoms with Crippen LogP contribution in [0.25, 0.3) is 10.9 Å². The topological polar surface area (TPSA) is 56.9 Å². The SMILES string of the molecule is Cc1c(C2NCCNC2=O)[nH]c2c(C)cccc12. The number of piperazine rings is 1.